The third kappa shape index (κ3) is 2.38. The van der Waals surface area contributed by atoms with E-state index in [1.165, 1.54) is 12.1 Å². The van der Waals surface area contributed by atoms with Crippen LogP contribution in [0.3, 0.4) is 0 Å². The molecule has 0 aliphatic heterocycles. The quantitative estimate of drug-likeness (QED) is 0.650. The highest BCUT2D eigenvalue weighted by Gasteiger charge is 2.06. The average molecular weight is 266 g/mol. The molecule has 0 amide bonds. The van der Waals surface area contributed by atoms with E-state index in [9.17, 15) is 9.18 Å². The maximum absolute atomic E-state index is 13.3. The molecule has 0 saturated carbocycles. The van der Waals surface area contributed by atoms with E-state index < -0.39 is 0 Å². The van der Waals surface area contributed by atoms with Crippen molar-refractivity contribution >= 4 is 6.29 Å². The highest BCUT2D eigenvalue weighted by molar-refractivity contribution is 5.74. The van der Waals surface area contributed by atoms with Gasteiger partial charge in [0.25, 0.3) is 0 Å². The van der Waals surface area contributed by atoms with Crippen molar-refractivity contribution in [3.63, 3.8) is 0 Å². The number of carbonyl (C=O) groups is 1. The van der Waals surface area contributed by atoms with Gasteiger partial charge in [0.05, 0.1) is 0 Å². The third-order valence-electron chi connectivity index (χ3n) is 3.05. The first-order valence-corrected chi connectivity index (χ1v) is 6.18. The van der Waals surface area contributed by atoms with Gasteiger partial charge in [0, 0.05) is 5.56 Å². The Morgan fingerprint density at radius 2 is 1.55 bits per heavy atom. The van der Waals surface area contributed by atoms with Crippen LogP contribution in [0.25, 0.3) is 22.5 Å². The van der Waals surface area contributed by atoms with Crippen LogP contribution >= 0.6 is 0 Å². The summed E-state index contributed by atoms with van der Waals surface area (Å²) in [4.78, 5) is 10.6. The van der Waals surface area contributed by atoms with Gasteiger partial charge in [-0.2, -0.15) is 0 Å². The molecule has 0 aliphatic carbocycles. The van der Waals surface area contributed by atoms with Crippen molar-refractivity contribution in [1.82, 2.24) is 0 Å². The van der Waals surface area contributed by atoms with Crippen molar-refractivity contribution in [3.05, 3.63) is 72.2 Å². The Kier molecular flexibility index (Phi) is 3.17. The van der Waals surface area contributed by atoms with Gasteiger partial charge in [-0.05, 0) is 41.5 Å². The Hall–Kier alpha value is -2.68. The zero-order valence-electron chi connectivity index (χ0n) is 10.5. The summed E-state index contributed by atoms with van der Waals surface area (Å²) >= 11 is 0. The summed E-state index contributed by atoms with van der Waals surface area (Å²) in [5.41, 5.74) is 2.54. The SMILES string of the molecule is O=Cc1ccc(-c2cccc(-c3cccc(F)c3)c2)o1. The van der Waals surface area contributed by atoms with Gasteiger partial charge in [0.15, 0.2) is 12.0 Å². The van der Waals surface area contributed by atoms with Crippen molar-refractivity contribution in [2.24, 2.45) is 0 Å². The van der Waals surface area contributed by atoms with E-state index in [1.54, 1.807) is 18.2 Å². The molecule has 2 nitrogen and oxygen atoms in total. The van der Waals surface area contributed by atoms with Gasteiger partial charge >= 0.3 is 0 Å². The van der Waals surface area contributed by atoms with Gasteiger partial charge in [0.2, 0.25) is 0 Å². The van der Waals surface area contributed by atoms with Crippen LogP contribution in [0.15, 0.2) is 65.1 Å². The second-order valence-electron chi connectivity index (χ2n) is 4.41. The molecule has 0 saturated heterocycles. The van der Waals surface area contributed by atoms with Gasteiger partial charge in [-0.15, -0.1) is 0 Å². The average Bonchev–Trinajstić information content (AvgIpc) is 2.96. The maximum Gasteiger partial charge on any atom is 0.185 e. The van der Waals surface area contributed by atoms with E-state index in [1.807, 2.05) is 30.3 Å². The first kappa shape index (κ1) is 12.4. The minimum absolute atomic E-state index is 0.269. The molecule has 0 atom stereocenters. The summed E-state index contributed by atoms with van der Waals surface area (Å²) in [6.07, 6.45) is 0.667. The number of halogens is 1. The van der Waals surface area contributed by atoms with E-state index in [0.717, 1.165) is 16.7 Å². The molecule has 1 aromatic heterocycles. The number of hydrogen-bond acceptors (Lipinski definition) is 2. The maximum atomic E-state index is 13.3. The van der Waals surface area contributed by atoms with E-state index in [-0.39, 0.29) is 11.6 Å². The molecule has 3 aromatic rings. The lowest BCUT2D eigenvalue weighted by Gasteiger charge is -2.04. The number of aldehydes is 1. The Morgan fingerprint density at radius 3 is 2.25 bits per heavy atom. The zero-order chi connectivity index (χ0) is 13.9. The molecule has 98 valence electrons. The lowest BCUT2D eigenvalue weighted by Crippen LogP contribution is -1.81. The monoisotopic (exact) mass is 266 g/mol. The van der Waals surface area contributed by atoms with Crippen LogP contribution in [0.1, 0.15) is 10.6 Å². The molecule has 2 aromatic carbocycles. The van der Waals surface area contributed by atoms with Crippen LogP contribution in [0.5, 0.6) is 0 Å². The number of carbonyl (C=O) groups excluding carboxylic acids is 1. The van der Waals surface area contributed by atoms with Crippen LogP contribution in [-0.2, 0) is 0 Å². The van der Waals surface area contributed by atoms with Gasteiger partial charge in [-0.1, -0.05) is 30.3 Å². The van der Waals surface area contributed by atoms with E-state index in [0.29, 0.717) is 12.0 Å². The molecule has 0 bridgehead atoms. The highest BCUT2D eigenvalue weighted by atomic mass is 19.1. The smallest absolute Gasteiger partial charge is 0.185 e. The predicted octanol–water partition coefficient (Wildman–Crippen LogP) is 4.57. The first-order valence-electron chi connectivity index (χ1n) is 6.18. The number of benzene rings is 2. The Labute approximate surface area is 115 Å². The summed E-state index contributed by atoms with van der Waals surface area (Å²) in [7, 11) is 0. The fourth-order valence-electron chi connectivity index (χ4n) is 2.09. The molecular formula is C17H11FO2. The van der Waals surface area contributed by atoms with Gasteiger partial charge in [0.1, 0.15) is 11.6 Å². The second kappa shape index (κ2) is 5.13. The number of rotatable bonds is 3. The molecule has 1 heterocycles. The van der Waals surface area contributed by atoms with Crippen LogP contribution in [0.2, 0.25) is 0 Å². The summed E-state index contributed by atoms with van der Waals surface area (Å²) in [6.45, 7) is 0. The lowest BCUT2D eigenvalue weighted by molar-refractivity contribution is 0.110. The minimum Gasteiger partial charge on any atom is -0.453 e. The molecular weight excluding hydrogens is 255 g/mol. The van der Waals surface area contributed by atoms with Crippen molar-refractivity contribution in [2.45, 2.75) is 0 Å². The fourth-order valence-corrected chi connectivity index (χ4v) is 2.09. The van der Waals surface area contributed by atoms with Gasteiger partial charge < -0.3 is 4.42 Å². The van der Waals surface area contributed by atoms with Crippen molar-refractivity contribution < 1.29 is 13.6 Å². The van der Waals surface area contributed by atoms with Crippen LogP contribution in [0, 0.1) is 5.82 Å². The molecule has 0 unspecified atom stereocenters. The number of hydrogen-bond donors (Lipinski definition) is 0. The van der Waals surface area contributed by atoms with E-state index in [2.05, 4.69) is 0 Å². The van der Waals surface area contributed by atoms with Crippen molar-refractivity contribution in [2.75, 3.05) is 0 Å². The minimum atomic E-state index is -0.269. The molecule has 3 rings (SSSR count). The Bertz CT molecular complexity index is 759. The third-order valence-corrected chi connectivity index (χ3v) is 3.05. The van der Waals surface area contributed by atoms with E-state index >= 15 is 0 Å². The fraction of sp³-hybridized carbons (Fsp3) is 0. The molecule has 3 heteroatoms. The van der Waals surface area contributed by atoms with Crippen LogP contribution < -0.4 is 0 Å². The second-order valence-corrected chi connectivity index (χ2v) is 4.41. The normalized spacial score (nSPS) is 10.4. The Morgan fingerprint density at radius 1 is 0.850 bits per heavy atom. The first-order chi connectivity index (χ1) is 9.76. The molecule has 0 N–H and O–H groups in total. The largest absolute Gasteiger partial charge is 0.453 e. The summed E-state index contributed by atoms with van der Waals surface area (Å²) < 4.78 is 18.7. The predicted molar refractivity (Wildman–Crippen MR) is 74.9 cm³/mol. The highest BCUT2D eigenvalue weighted by Crippen LogP contribution is 2.27. The van der Waals surface area contributed by atoms with Crippen LogP contribution in [-0.4, -0.2) is 6.29 Å². The molecule has 0 radical (unpaired) electrons. The van der Waals surface area contributed by atoms with Crippen molar-refractivity contribution in [3.8, 4) is 22.5 Å². The summed E-state index contributed by atoms with van der Waals surface area (Å²) in [6, 6.07) is 17.4. The molecule has 0 spiro atoms. The van der Waals surface area contributed by atoms with Crippen molar-refractivity contribution in [1.29, 1.82) is 0 Å². The number of furan rings is 1. The molecule has 0 aliphatic rings. The summed E-state index contributed by atoms with van der Waals surface area (Å²) in [5.74, 6) is 0.635. The Balaban J connectivity index is 2.03. The standard InChI is InChI=1S/C17H11FO2/c18-15-6-2-4-13(10-15)12-3-1-5-14(9-12)17-8-7-16(11-19)20-17/h1-11H. The zero-order valence-corrected chi connectivity index (χ0v) is 10.5. The van der Waals surface area contributed by atoms with Crippen LogP contribution in [0.4, 0.5) is 4.39 Å². The van der Waals surface area contributed by atoms with E-state index in [4.69, 9.17) is 4.42 Å². The lowest BCUT2D eigenvalue weighted by atomic mass is 10.0. The van der Waals surface area contributed by atoms with Gasteiger partial charge in [-0.3, -0.25) is 4.79 Å². The summed E-state index contributed by atoms with van der Waals surface area (Å²) in [5, 5.41) is 0. The molecule has 0 fully saturated rings. The topological polar surface area (TPSA) is 30.2 Å². The molecule has 20 heavy (non-hydrogen) atoms. The van der Waals surface area contributed by atoms with Gasteiger partial charge in [-0.25, -0.2) is 4.39 Å².